The van der Waals surface area contributed by atoms with Gasteiger partial charge in [0.25, 0.3) is 11.8 Å². The number of nitrogens with one attached hydrogen (secondary N) is 1. The zero-order chi connectivity index (χ0) is 22.7. The minimum Gasteiger partial charge on any atom is -0.273 e. The summed E-state index contributed by atoms with van der Waals surface area (Å²) < 4.78 is 0.841. The number of barbiturate groups is 1. The van der Waals surface area contributed by atoms with Crippen molar-refractivity contribution in [2.75, 3.05) is 4.90 Å². The molecule has 5 fully saturated rings. The van der Waals surface area contributed by atoms with Crippen LogP contribution in [-0.2, 0) is 15.0 Å². The van der Waals surface area contributed by atoms with Gasteiger partial charge in [-0.3, -0.25) is 14.9 Å². The Morgan fingerprint density at radius 1 is 0.909 bits per heavy atom. The number of benzene rings is 2. The molecule has 2 aromatic rings. The lowest BCUT2D eigenvalue weighted by Crippen LogP contribution is -2.54. The maximum Gasteiger partial charge on any atom is 0.335 e. The summed E-state index contributed by atoms with van der Waals surface area (Å²) in [5.41, 5.74) is 2.71. The molecule has 4 saturated carbocycles. The minimum atomic E-state index is -0.709. The molecule has 1 N–H and O–H groups in total. The molecule has 1 heterocycles. The molecular weight excluding hydrogens is 480 g/mol. The summed E-state index contributed by atoms with van der Waals surface area (Å²) >= 11 is 3.40. The third-order valence-corrected chi connectivity index (χ3v) is 8.53. The molecule has 0 unspecified atom stereocenters. The SMILES string of the molecule is O=C1NC(=O)N(c2ccc(C34CC5CC(CC(C5)C3)C4)cc2)C(=O)/C1=C/c1cccc(Br)c1. The lowest BCUT2D eigenvalue weighted by atomic mass is 9.48. The smallest absolute Gasteiger partial charge is 0.273 e. The van der Waals surface area contributed by atoms with Crippen molar-refractivity contribution in [3.05, 3.63) is 69.7 Å². The van der Waals surface area contributed by atoms with Crippen molar-refractivity contribution in [3.63, 3.8) is 0 Å². The fraction of sp³-hybridized carbons (Fsp3) is 0.370. The molecule has 168 valence electrons. The van der Waals surface area contributed by atoms with Gasteiger partial charge in [-0.2, -0.15) is 0 Å². The van der Waals surface area contributed by atoms with Crippen molar-refractivity contribution in [2.45, 2.75) is 43.9 Å². The predicted molar refractivity (Wildman–Crippen MR) is 129 cm³/mol. The van der Waals surface area contributed by atoms with Gasteiger partial charge in [0.2, 0.25) is 0 Å². The van der Waals surface area contributed by atoms with E-state index in [0.29, 0.717) is 11.3 Å². The topological polar surface area (TPSA) is 66.5 Å². The highest BCUT2D eigenvalue weighted by atomic mass is 79.9. The molecule has 7 rings (SSSR count). The summed E-state index contributed by atoms with van der Waals surface area (Å²) in [7, 11) is 0. The molecule has 4 bridgehead atoms. The number of anilines is 1. The van der Waals surface area contributed by atoms with Crippen LogP contribution in [0.5, 0.6) is 0 Å². The second-order valence-electron chi connectivity index (χ2n) is 10.3. The summed E-state index contributed by atoms with van der Waals surface area (Å²) in [5.74, 6) is 1.27. The number of imide groups is 2. The molecule has 4 amide bonds. The first kappa shape index (κ1) is 20.8. The van der Waals surface area contributed by atoms with E-state index in [-0.39, 0.29) is 11.0 Å². The third kappa shape index (κ3) is 3.55. The van der Waals surface area contributed by atoms with Gasteiger partial charge in [-0.15, -0.1) is 0 Å². The van der Waals surface area contributed by atoms with Crippen LogP contribution in [0.1, 0.15) is 49.7 Å². The fourth-order valence-electron chi connectivity index (χ4n) is 7.08. The average molecular weight is 505 g/mol. The summed E-state index contributed by atoms with van der Waals surface area (Å²) in [4.78, 5) is 39.3. The Morgan fingerprint density at radius 2 is 1.55 bits per heavy atom. The van der Waals surface area contributed by atoms with E-state index in [2.05, 4.69) is 33.4 Å². The van der Waals surface area contributed by atoms with E-state index < -0.39 is 17.8 Å². The molecule has 5 aliphatic rings. The first-order valence-electron chi connectivity index (χ1n) is 11.7. The highest BCUT2D eigenvalue weighted by Crippen LogP contribution is 2.60. The average Bonchev–Trinajstić information content (AvgIpc) is 2.76. The van der Waals surface area contributed by atoms with E-state index in [0.717, 1.165) is 27.1 Å². The molecule has 5 nitrogen and oxygen atoms in total. The molecule has 1 saturated heterocycles. The molecule has 0 spiro atoms. The highest BCUT2D eigenvalue weighted by molar-refractivity contribution is 9.10. The van der Waals surface area contributed by atoms with Crippen molar-refractivity contribution in [1.29, 1.82) is 0 Å². The molecule has 0 radical (unpaired) electrons. The van der Waals surface area contributed by atoms with Gasteiger partial charge in [0, 0.05) is 4.47 Å². The number of urea groups is 1. The van der Waals surface area contributed by atoms with Gasteiger partial charge in [0.15, 0.2) is 0 Å². The Morgan fingerprint density at radius 3 is 2.15 bits per heavy atom. The Bertz CT molecular complexity index is 1160. The largest absolute Gasteiger partial charge is 0.335 e. The predicted octanol–water partition coefficient (Wildman–Crippen LogP) is 5.58. The lowest BCUT2D eigenvalue weighted by molar-refractivity contribution is -0.122. The molecule has 4 aliphatic carbocycles. The van der Waals surface area contributed by atoms with Crippen LogP contribution in [0, 0.1) is 17.8 Å². The summed E-state index contributed by atoms with van der Waals surface area (Å²) in [6.45, 7) is 0. The Labute approximate surface area is 201 Å². The zero-order valence-corrected chi connectivity index (χ0v) is 19.8. The number of amides is 4. The normalized spacial score (nSPS) is 31.9. The number of carbonyl (C=O) groups excluding carboxylic acids is 3. The van der Waals surface area contributed by atoms with E-state index in [1.165, 1.54) is 50.2 Å². The molecule has 1 aliphatic heterocycles. The van der Waals surface area contributed by atoms with Crippen molar-refractivity contribution in [1.82, 2.24) is 5.32 Å². The lowest BCUT2D eigenvalue weighted by Gasteiger charge is -2.57. The number of hydrogen-bond donors (Lipinski definition) is 1. The quantitative estimate of drug-likeness (QED) is 0.437. The first-order chi connectivity index (χ1) is 15.9. The Hall–Kier alpha value is -2.73. The van der Waals surface area contributed by atoms with Crippen molar-refractivity contribution in [3.8, 4) is 0 Å². The number of hydrogen-bond acceptors (Lipinski definition) is 3. The van der Waals surface area contributed by atoms with E-state index in [9.17, 15) is 14.4 Å². The monoisotopic (exact) mass is 504 g/mol. The number of carbonyl (C=O) groups is 3. The zero-order valence-electron chi connectivity index (χ0n) is 18.2. The van der Waals surface area contributed by atoms with E-state index in [1.807, 2.05) is 30.3 Å². The highest BCUT2D eigenvalue weighted by Gasteiger charge is 2.51. The van der Waals surface area contributed by atoms with Crippen molar-refractivity contribution < 1.29 is 14.4 Å². The second kappa shape index (κ2) is 7.66. The summed E-state index contributed by atoms with van der Waals surface area (Å²) in [5, 5.41) is 2.31. The maximum absolute atomic E-state index is 13.2. The number of nitrogens with zero attached hydrogens (tertiary/aromatic N) is 1. The first-order valence-corrected chi connectivity index (χ1v) is 12.5. The summed E-state index contributed by atoms with van der Waals surface area (Å²) in [6.07, 6.45) is 9.47. The minimum absolute atomic E-state index is 0.0575. The Kier molecular flexibility index (Phi) is 4.84. The number of halogens is 1. The van der Waals surface area contributed by atoms with Crippen LogP contribution < -0.4 is 10.2 Å². The van der Waals surface area contributed by atoms with Gasteiger partial charge < -0.3 is 0 Å². The molecule has 0 atom stereocenters. The van der Waals surface area contributed by atoms with Crippen LogP contribution in [-0.4, -0.2) is 17.8 Å². The molecule has 0 aromatic heterocycles. The molecular formula is C27H25BrN2O3. The van der Waals surface area contributed by atoms with Gasteiger partial charge in [-0.05, 0) is 103 Å². The van der Waals surface area contributed by atoms with E-state index in [4.69, 9.17) is 0 Å². The maximum atomic E-state index is 13.2. The fourth-order valence-corrected chi connectivity index (χ4v) is 7.50. The van der Waals surface area contributed by atoms with Crippen molar-refractivity contribution >= 4 is 45.5 Å². The van der Waals surface area contributed by atoms with Crippen molar-refractivity contribution in [2.24, 2.45) is 17.8 Å². The second-order valence-corrected chi connectivity index (χ2v) is 11.2. The van der Waals surface area contributed by atoms with Gasteiger partial charge in [-0.1, -0.05) is 40.2 Å². The molecule has 6 heteroatoms. The van der Waals surface area contributed by atoms with Gasteiger partial charge in [-0.25, -0.2) is 9.69 Å². The van der Waals surface area contributed by atoms with E-state index >= 15 is 0 Å². The van der Waals surface area contributed by atoms with Gasteiger partial charge >= 0.3 is 6.03 Å². The van der Waals surface area contributed by atoms with Gasteiger partial charge in [0.05, 0.1) is 5.69 Å². The summed E-state index contributed by atoms with van der Waals surface area (Å²) in [6, 6.07) is 14.5. The van der Waals surface area contributed by atoms with Crippen LogP contribution in [0.3, 0.4) is 0 Å². The molecule has 2 aromatic carbocycles. The van der Waals surface area contributed by atoms with Crippen LogP contribution in [0.25, 0.3) is 6.08 Å². The third-order valence-electron chi connectivity index (χ3n) is 8.04. The van der Waals surface area contributed by atoms with Crippen LogP contribution in [0.4, 0.5) is 10.5 Å². The van der Waals surface area contributed by atoms with E-state index in [1.54, 1.807) is 6.07 Å². The standard InChI is InChI=1S/C27H25BrN2O3/c28-21-3-1-2-16(11-21)12-23-24(31)29-26(33)30(25(23)32)22-6-4-20(5-7-22)27-13-17-8-18(14-27)10-19(9-17)15-27/h1-7,11-12,17-19H,8-10,13-15H2,(H,29,31,33)/b23-12+. The van der Waals surface area contributed by atoms with Crippen LogP contribution in [0.2, 0.25) is 0 Å². The number of rotatable bonds is 3. The van der Waals surface area contributed by atoms with Crippen LogP contribution >= 0.6 is 15.9 Å². The Balaban J connectivity index is 1.30. The van der Waals surface area contributed by atoms with Gasteiger partial charge in [0.1, 0.15) is 5.57 Å². The van der Waals surface area contributed by atoms with Crippen LogP contribution in [0.15, 0.2) is 58.6 Å². The molecule has 33 heavy (non-hydrogen) atoms.